The Hall–Kier alpha value is -2.55. The lowest BCUT2D eigenvalue weighted by Crippen LogP contribution is -2.13. The fraction of sp³-hybridized carbons (Fsp3) is 0.100. The van der Waals surface area contributed by atoms with Gasteiger partial charge in [-0.25, -0.2) is 0 Å². The van der Waals surface area contributed by atoms with Gasteiger partial charge in [-0.05, 0) is 64.3 Å². The molecule has 0 aliphatic heterocycles. The van der Waals surface area contributed by atoms with E-state index in [2.05, 4.69) is 27.8 Å². The highest BCUT2D eigenvalue weighted by atomic mass is 79.9. The van der Waals surface area contributed by atoms with Gasteiger partial charge in [0.1, 0.15) is 18.2 Å². The minimum Gasteiger partial charge on any atom is -0.487 e. The Balaban J connectivity index is 2.26. The monoisotopic (exact) mass is 430 g/mol. The summed E-state index contributed by atoms with van der Waals surface area (Å²) < 4.78 is 6.10. The van der Waals surface area contributed by atoms with E-state index in [1.54, 1.807) is 24.3 Å². The molecule has 2 aromatic rings. The summed E-state index contributed by atoms with van der Waals surface area (Å²) >= 11 is 9.60. The number of halogens is 2. The molecule has 1 amide bonds. The molecule has 0 heterocycles. The van der Waals surface area contributed by atoms with Crippen molar-refractivity contribution in [3.8, 4) is 11.8 Å². The number of hydrogen-bond donors (Lipinski definition) is 1. The van der Waals surface area contributed by atoms with E-state index < -0.39 is 5.91 Å². The standard InChI is InChI=1S/C20H16BrClN2O2/c1-3-7-26-19-17(21)10-14(11-18(19)22)9-15(12-23)20(25)24-16-6-4-5-13(2)8-16/h3-6,8-11H,1,7H2,2H3,(H,24,25)/b15-9-. The number of nitriles is 1. The molecule has 0 unspecified atom stereocenters. The van der Waals surface area contributed by atoms with Crippen LogP contribution in [-0.4, -0.2) is 12.5 Å². The summed E-state index contributed by atoms with van der Waals surface area (Å²) in [7, 11) is 0. The number of amides is 1. The first-order valence-electron chi connectivity index (χ1n) is 7.67. The van der Waals surface area contributed by atoms with Crippen molar-refractivity contribution < 1.29 is 9.53 Å². The molecule has 2 rings (SSSR count). The lowest BCUT2D eigenvalue weighted by Gasteiger charge is -2.10. The number of nitrogens with one attached hydrogen (secondary N) is 1. The Morgan fingerprint density at radius 3 is 2.81 bits per heavy atom. The fourth-order valence-electron chi connectivity index (χ4n) is 2.18. The molecule has 0 saturated heterocycles. The maximum Gasteiger partial charge on any atom is 0.266 e. The van der Waals surface area contributed by atoms with Crippen LogP contribution in [0.1, 0.15) is 11.1 Å². The van der Waals surface area contributed by atoms with Gasteiger partial charge in [-0.3, -0.25) is 4.79 Å². The van der Waals surface area contributed by atoms with E-state index in [1.165, 1.54) is 6.08 Å². The second kappa shape index (κ2) is 9.23. The van der Waals surface area contributed by atoms with E-state index >= 15 is 0 Å². The zero-order chi connectivity index (χ0) is 19.1. The first kappa shape index (κ1) is 19.8. The molecule has 0 bridgehead atoms. The first-order valence-corrected chi connectivity index (χ1v) is 8.84. The van der Waals surface area contributed by atoms with Crippen LogP contribution in [0.15, 0.2) is 59.1 Å². The van der Waals surface area contributed by atoms with Gasteiger partial charge >= 0.3 is 0 Å². The van der Waals surface area contributed by atoms with Crippen molar-refractivity contribution in [3.05, 3.63) is 75.2 Å². The highest BCUT2D eigenvalue weighted by Gasteiger charge is 2.12. The molecule has 0 aliphatic carbocycles. The molecule has 6 heteroatoms. The van der Waals surface area contributed by atoms with Crippen LogP contribution in [0.5, 0.6) is 5.75 Å². The third-order valence-corrected chi connectivity index (χ3v) is 4.19. The quantitative estimate of drug-likeness (QED) is 0.372. The highest BCUT2D eigenvalue weighted by Crippen LogP contribution is 2.35. The second-order valence-corrected chi connectivity index (χ2v) is 6.67. The van der Waals surface area contributed by atoms with Gasteiger partial charge in [0.25, 0.3) is 5.91 Å². The van der Waals surface area contributed by atoms with E-state index in [0.717, 1.165) is 5.56 Å². The molecule has 2 aromatic carbocycles. The Morgan fingerprint density at radius 1 is 1.42 bits per heavy atom. The Bertz CT molecular complexity index is 893. The number of anilines is 1. The largest absolute Gasteiger partial charge is 0.487 e. The average Bonchev–Trinajstić information content (AvgIpc) is 2.59. The van der Waals surface area contributed by atoms with Crippen LogP contribution in [0.2, 0.25) is 5.02 Å². The van der Waals surface area contributed by atoms with Gasteiger partial charge in [-0.15, -0.1) is 0 Å². The Kier molecular flexibility index (Phi) is 7.02. The number of carbonyl (C=O) groups is 1. The number of ether oxygens (including phenoxy) is 1. The zero-order valence-corrected chi connectivity index (χ0v) is 16.4. The maximum atomic E-state index is 12.4. The smallest absolute Gasteiger partial charge is 0.266 e. The summed E-state index contributed by atoms with van der Waals surface area (Å²) in [5, 5.41) is 12.4. The molecule has 1 N–H and O–H groups in total. The normalized spacial score (nSPS) is 10.8. The van der Waals surface area contributed by atoms with Crippen LogP contribution in [0.4, 0.5) is 5.69 Å². The molecule has 4 nitrogen and oxygen atoms in total. The maximum absolute atomic E-state index is 12.4. The molecular formula is C20H16BrClN2O2. The van der Waals surface area contributed by atoms with Crippen molar-refractivity contribution in [3.63, 3.8) is 0 Å². The van der Waals surface area contributed by atoms with E-state index in [4.69, 9.17) is 16.3 Å². The molecule has 0 aromatic heterocycles. The third kappa shape index (κ3) is 5.22. The fourth-order valence-corrected chi connectivity index (χ4v) is 3.17. The summed E-state index contributed by atoms with van der Waals surface area (Å²) in [6.45, 7) is 5.83. The summed E-state index contributed by atoms with van der Waals surface area (Å²) in [4.78, 5) is 12.4. The van der Waals surface area contributed by atoms with Gasteiger partial charge < -0.3 is 10.1 Å². The molecule has 0 saturated carbocycles. The van der Waals surface area contributed by atoms with Crippen LogP contribution in [0.25, 0.3) is 6.08 Å². The topological polar surface area (TPSA) is 62.1 Å². The van der Waals surface area contributed by atoms with Gasteiger partial charge in [0.15, 0.2) is 5.75 Å². The molecule has 132 valence electrons. The van der Waals surface area contributed by atoms with Crippen molar-refractivity contribution in [1.82, 2.24) is 0 Å². The van der Waals surface area contributed by atoms with Gasteiger partial charge in [0, 0.05) is 5.69 Å². The number of benzene rings is 2. The Labute approximate surface area is 165 Å². The van der Waals surface area contributed by atoms with Crippen LogP contribution in [-0.2, 0) is 4.79 Å². The second-order valence-electron chi connectivity index (χ2n) is 5.41. The summed E-state index contributed by atoms with van der Waals surface area (Å²) in [6, 6.07) is 12.6. The number of carbonyl (C=O) groups excluding carboxylic acids is 1. The van der Waals surface area contributed by atoms with Gasteiger partial charge in [-0.2, -0.15) is 5.26 Å². The molecular weight excluding hydrogens is 416 g/mol. The predicted molar refractivity (Wildman–Crippen MR) is 108 cm³/mol. The molecule has 0 radical (unpaired) electrons. The van der Waals surface area contributed by atoms with Crippen LogP contribution < -0.4 is 10.1 Å². The Morgan fingerprint density at radius 2 is 2.19 bits per heavy atom. The minimum absolute atomic E-state index is 0.0331. The van der Waals surface area contributed by atoms with Crippen molar-refractivity contribution in [1.29, 1.82) is 5.26 Å². The SMILES string of the molecule is C=CCOc1c(Cl)cc(/C=C(/C#N)C(=O)Nc2cccc(C)c2)cc1Br. The van der Waals surface area contributed by atoms with E-state index in [1.807, 2.05) is 31.2 Å². The third-order valence-electron chi connectivity index (χ3n) is 3.32. The first-order chi connectivity index (χ1) is 12.4. The highest BCUT2D eigenvalue weighted by molar-refractivity contribution is 9.10. The number of hydrogen-bond acceptors (Lipinski definition) is 3. The summed E-state index contributed by atoms with van der Waals surface area (Å²) in [6.07, 6.45) is 3.08. The molecule has 26 heavy (non-hydrogen) atoms. The van der Waals surface area contributed by atoms with Crippen LogP contribution >= 0.6 is 27.5 Å². The van der Waals surface area contributed by atoms with Gasteiger partial charge in [0.05, 0.1) is 9.50 Å². The van der Waals surface area contributed by atoms with Crippen molar-refractivity contribution in [2.45, 2.75) is 6.92 Å². The number of nitrogens with zero attached hydrogens (tertiary/aromatic N) is 1. The molecule has 0 spiro atoms. The molecule has 0 aliphatic rings. The number of aryl methyl sites for hydroxylation is 1. The van der Waals surface area contributed by atoms with Crippen molar-refractivity contribution in [2.24, 2.45) is 0 Å². The number of rotatable bonds is 6. The van der Waals surface area contributed by atoms with E-state index in [0.29, 0.717) is 33.1 Å². The van der Waals surface area contributed by atoms with Gasteiger partial charge in [-0.1, -0.05) is 36.4 Å². The molecule has 0 atom stereocenters. The zero-order valence-electron chi connectivity index (χ0n) is 14.1. The van der Waals surface area contributed by atoms with Crippen molar-refractivity contribution in [2.75, 3.05) is 11.9 Å². The van der Waals surface area contributed by atoms with Gasteiger partial charge in [0.2, 0.25) is 0 Å². The van der Waals surface area contributed by atoms with E-state index in [-0.39, 0.29) is 5.57 Å². The van der Waals surface area contributed by atoms with E-state index in [9.17, 15) is 10.1 Å². The lowest BCUT2D eigenvalue weighted by atomic mass is 10.1. The summed E-state index contributed by atoms with van der Waals surface area (Å²) in [5.74, 6) is -0.0104. The van der Waals surface area contributed by atoms with Crippen molar-refractivity contribution >= 4 is 45.2 Å². The molecule has 0 fully saturated rings. The average molecular weight is 432 g/mol. The van der Waals surface area contributed by atoms with Crippen LogP contribution in [0, 0.1) is 18.3 Å². The summed E-state index contributed by atoms with van der Waals surface area (Å²) in [5.41, 5.74) is 2.21. The van der Waals surface area contributed by atoms with Crippen LogP contribution in [0.3, 0.4) is 0 Å². The minimum atomic E-state index is -0.489. The lowest BCUT2D eigenvalue weighted by molar-refractivity contribution is -0.112. The predicted octanol–water partition coefficient (Wildman–Crippen LogP) is 5.52.